The van der Waals surface area contributed by atoms with Crippen LogP contribution < -0.4 is 5.32 Å². The van der Waals surface area contributed by atoms with Gasteiger partial charge < -0.3 is 9.84 Å². The first kappa shape index (κ1) is 12.6. The fourth-order valence-electron chi connectivity index (χ4n) is 2.24. The molecular weight excluding hydrogens is 260 g/mol. The van der Waals surface area contributed by atoms with Crippen LogP contribution in [0.25, 0.3) is 11.5 Å². The lowest BCUT2D eigenvalue weighted by molar-refractivity contribution is 0.344. The highest BCUT2D eigenvalue weighted by Crippen LogP contribution is 2.32. The lowest BCUT2D eigenvalue weighted by atomic mass is 10.0. The zero-order valence-electron chi connectivity index (χ0n) is 11.0. The van der Waals surface area contributed by atoms with Crippen LogP contribution >= 0.6 is 11.8 Å². The fourth-order valence-corrected chi connectivity index (χ4v) is 3.66. The predicted octanol–water partition coefficient (Wildman–Crippen LogP) is 1.86. The van der Waals surface area contributed by atoms with E-state index in [1.54, 1.807) is 0 Å². The van der Waals surface area contributed by atoms with Crippen molar-refractivity contribution in [3.63, 3.8) is 0 Å². The molecule has 1 saturated heterocycles. The van der Waals surface area contributed by atoms with Crippen molar-refractivity contribution in [1.82, 2.24) is 20.4 Å². The van der Waals surface area contributed by atoms with Crippen LogP contribution in [0.4, 0.5) is 0 Å². The van der Waals surface area contributed by atoms with E-state index >= 15 is 0 Å². The number of thioether (sulfide) groups is 1. The largest absolute Gasteiger partial charge is 0.339 e. The summed E-state index contributed by atoms with van der Waals surface area (Å²) < 4.78 is 5.42. The molecule has 1 N–H and O–H groups in total. The SMILES string of the molecule is CNC1CSCC1c1nc(-c2cccc(C)n2)no1. The van der Waals surface area contributed by atoms with Gasteiger partial charge in [0, 0.05) is 23.2 Å². The Morgan fingerprint density at radius 3 is 3.00 bits per heavy atom. The van der Waals surface area contributed by atoms with Gasteiger partial charge in [0.1, 0.15) is 5.69 Å². The van der Waals surface area contributed by atoms with Gasteiger partial charge in [-0.2, -0.15) is 16.7 Å². The van der Waals surface area contributed by atoms with Crippen molar-refractivity contribution in [2.75, 3.05) is 18.6 Å². The number of pyridine rings is 1. The van der Waals surface area contributed by atoms with Crippen LogP contribution in [0.15, 0.2) is 22.7 Å². The molecular formula is C13H16N4OS. The Labute approximate surface area is 116 Å². The van der Waals surface area contributed by atoms with Crippen LogP contribution in [-0.4, -0.2) is 39.7 Å². The maximum Gasteiger partial charge on any atom is 0.232 e. The second-order valence-electron chi connectivity index (χ2n) is 4.66. The molecule has 0 aromatic carbocycles. The predicted molar refractivity (Wildman–Crippen MR) is 75.2 cm³/mol. The highest BCUT2D eigenvalue weighted by molar-refractivity contribution is 7.99. The minimum Gasteiger partial charge on any atom is -0.339 e. The summed E-state index contributed by atoms with van der Waals surface area (Å²) in [5.74, 6) is 3.69. The summed E-state index contributed by atoms with van der Waals surface area (Å²) >= 11 is 1.91. The summed E-state index contributed by atoms with van der Waals surface area (Å²) in [6.07, 6.45) is 0. The van der Waals surface area contributed by atoms with Crippen LogP contribution in [0.2, 0.25) is 0 Å². The molecule has 0 amide bonds. The van der Waals surface area contributed by atoms with E-state index in [4.69, 9.17) is 4.52 Å². The Hall–Kier alpha value is -1.40. The zero-order valence-corrected chi connectivity index (χ0v) is 11.8. The molecule has 1 fully saturated rings. The first-order chi connectivity index (χ1) is 9.28. The normalized spacial score (nSPS) is 22.8. The fraction of sp³-hybridized carbons (Fsp3) is 0.462. The molecule has 3 rings (SSSR count). The standard InChI is InChI=1S/C13H16N4OS/c1-8-4-3-5-10(15-8)12-16-13(18-17-12)9-6-19-7-11(9)14-2/h3-5,9,11,14H,6-7H2,1-2H3. The van der Waals surface area contributed by atoms with Gasteiger partial charge in [-0.15, -0.1) is 0 Å². The van der Waals surface area contributed by atoms with E-state index in [2.05, 4.69) is 20.4 Å². The number of likely N-dealkylation sites (N-methyl/N-ethyl adjacent to an activating group) is 1. The summed E-state index contributed by atoms with van der Waals surface area (Å²) in [5.41, 5.74) is 1.72. The number of hydrogen-bond acceptors (Lipinski definition) is 6. The highest BCUT2D eigenvalue weighted by Gasteiger charge is 2.32. The molecule has 0 radical (unpaired) electrons. The molecule has 0 aliphatic carbocycles. The van der Waals surface area contributed by atoms with Gasteiger partial charge in [-0.1, -0.05) is 11.2 Å². The summed E-state index contributed by atoms with van der Waals surface area (Å²) in [7, 11) is 1.98. The first-order valence-electron chi connectivity index (χ1n) is 6.30. The first-order valence-corrected chi connectivity index (χ1v) is 7.46. The molecule has 2 aromatic heterocycles. The van der Waals surface area contributed by atoms with E-state index in [0.717, 1.165) is 22.9 Å². The number of nitrogens with zero attached hydrogens (tertiary/aromatic N) is 3. The Morgan fingerprint density at radius 2 is 2.21 bits per heavy atom. The van der Waals surface area contributed by atoms with E-state index in [1.165, 1.54) is 0 Å². The van der Waals surface area contributed by atoms with E-state index in [0.29, 0.717) is 23.7 Å². The summed E-state index contributed by atoms with van der Waals surface area (Å²) in [6.45, 7) is 1.95. The van der Waals surface area contributed by atoms with Gasteiger partial charge >= 0.3 is 0 Å². The molecule has 1 aliphatic rings. The molecule has 6 heteroatoms. The third-order valence-corrected chi connectivity index (χ3v) is 4.52. The highest BCUT2D eigenvalue weighted by atomic mass is 32.2. The molecule has 2 aromatic rings. The van der Waals surface area contributed by atoms with E-state index in [1.807, 2.05) is 43.9 Å². The third-order valence-electron chi connectivity index (χ3n) is 3.33. The molecule has 1 aliphatic heterocycles. The molecule has 3 heterocycles. The number of hydrogen-bond donors (Lipinski definition) is 1. The van der Waals surface area contributed by atoms with Gasteiger partial charge in [0.25, 0.3) is 0 Å². The summed E-state index contributed by atoms with van der Waals surface area (Å²) in [4.78, 5) is 8.92. The zero-order chi connectivity index (χ0) is 13.2. The lowest BCUT2D eigenvalue weighted by Crippen LogP contribution is -2.31. The van der Waals surface area contributed by atoms with Crippen LogP contribution in [0, 0.1) is 6.92 Å². The molecule has 2 unspecified atom stereocenters. The summed E-state index contributed by atoms with van der Waals surface area (Å²) in [6, 6.07) is 6.22. The number of rotatable bonds is 3. The molecule has 0 bridgehead atoms. The van der Waals surface area contributed by atoms with Gasteiger partial charge in [-0.25, -0.2) is 4.98 Å². The van der Waals surface area contributed by atoms with Gasteiger partial charge in [-0.05, 0) is 26.1 Å². The maximum absolute atomic E-state index is 5.42. The van der Waals surface area contributed by atoms with Crippen LogP contribution in [0.3, 0.4) is 0 Å². The molecule has 0 saturated carbocycles. The van der Waals surface area contributed by atoms with Crippen molar-refractivity contribution < 1.29 is 4.52 Å². The average molecular weight is 276 g/mol. The number of aryl methyl sites for hydroxylation is 1. The average Bonchev–Trinajstić information content (AvgIpc) is 3.07. The Kier molecular flexibility index (Phi) is 3.52. The Bertz CT molecular complexity index is 571. The maximum atomic E-state index is 5.42. The van der Waals surface area contributed by atoms with Crippen LogP contribution in [0.1, 0.15) is 17.5 Å². The minimum atomic E-state index is 0.293. The quantitative estimate of drug-likeness (QED) is 0.923. The molecule has 100 valence electrons. The van der Waals surface area contributed by atoms with Crippen molar-refractivity contribution in [3.05, 3.63) is 29.8 Å². The third kappa shape index (κ3) is 2.50. The van der Waals surface area contributed by atoms with Crippen molar-refractivity contribution in [2.45, 2.75) is 18.9 Å². The number of aromatic nitrogens is 3. The van der Waals surface area contributed by atoms with Gasteiger partial charge in [0.05, 0.1) is 5.92 Å². The van der Waals surface area contributed by atoms with Crippen LogP contribution in [-0.2, 0) is 0 Å². The molecule has 5 nitrogen and oxygen atoms in total. The monoisotopic (exact) mass is 276 g/mol. The van der Waals surface area contributed by atoms with E-state index < -0.39 is 0 Å². The second kappa shape index (κ2) is 5.30. The van der Waals surface area contributed by atoms with Gasteiger partial charge in [-0.3, -0.25) is 0 Å². The van der Waals surface area contributed by atoms with Gasteiger partial charge in [0.2, 0.25) is 11.7 Å². The van der Waals surface area contributed by atoms with Gasteiger partial charge in [0.15, 0.2) is 0 Å². The topological polar surface area (TPSA) is 63.8 Å². The Balaban J connectivity index is 1.87. The smallest absolute Gasteiger partial charge is 0.232 e. The molecule has 0 spiro atoms. The lowest BCUT2D eigenvalue weighted by Gasteiger charge is -2.13. The number of nitrogens with one attached hydrogen (secondary N) is 1. The van der Waals surface area contributed by atoms with Crippen molar-refractivity contribution in [2.24, 2.45) is 0 Å². The summed E-state index contributed by atoms with van der Waals surface area (Å²) in [5, 5.41) is 7.36. The van der Waals surface area contributed by atoms with Crippen LogP contribution in [0.5, 0.6) is 0 Å². The van der Waals surface area contributed by atoms with Crippen molar-refractivity contribution in [1.29, 1.82) is 0 Å². The van der Waals surface area contributed by atoms with Crippen molar-refractivity contribution >= 4 is 11.8 Å². The van der Waals surface area contributed by atoms with E-state index in [-0.39, 0.29) is 0 Å². The second-order valence-corrected chi connectivity index (χ2v) is 5.73. The minimum absolute atomic E-state index is 0.293. The van der Waals surface area contributed by atoms with E-state index in [9.17, 15) is 0 Å². The molecule has 19 heavy (non-hydrogen) atoms. The molecule has 2 atom stereocenters. The van der Waals surface area contributed by atoms with Crippen molar-refractivity contribution in [3.8, 4) is 11.5 Å². The Morgan fingerprint density at radius 1 is 1.32 bits per heavy atom.